The van der Waals surface area contributed by atoms with Crippen LogP contribution in [0.25, 0.3) is 0 Å². The van der Waals surface area contributed by atoms with E-state index < -0.39 is 0 Å². The average molecular weight is 253 g/mol. The van der Waals surface area contributed by atoms with Crippen molar-refractivity contribution in [3.8, 4) is 0 Å². The van der Waals surface area contributed by atoms with Gasteiger partial charge in [-0.25, -0.2) is 0 Å². The molecular formula is C16H31NO. The van der Waals surface area contributed by atoms with Crippen LogP contribution in [0.4, 0.5) is 0 Å². The van der Waals surface area contributed by atoms with Gasteiger partial charge in [-0.3, -0.25) is 0 Å². The molecule has 0 atom stereocenters. The maximum Gasteiger partial charge on any atom is 0.0623 e. The van der Waals surface area contributed by atoms with Gasteiger partial charge in [0.15, 0.2) is 0 Å². The molecule has 0 heterocycles. The molecule has 0 aromatic carbocycles. The van der Waals surface area contributed by atoms with Crippen LogP contribution >= 0.6 is 0 Å². The van der Waals surface area contributed by atoms with Gasteiger partial charge in [0, 0.05) is 19.7 Å². The Morgan fingerprint density at radius 1 is 1.17 bits per heavy atom. The van der Waals surface area contributed by atoms with Crippen LogP contribution in [0.3, 0.4) is 0 Å². The normalized spacial score (nSPS) is 24.2. The molecule has 0 amide bonds. The van der Waals surface area contributed by atoms with Gasteiger partial charge in [-0.1, -0.05) is 19.3 Å². The number of hydrogen-bond donors (Lipinski definition) is 1. The Labute approximate surface area is 113 Å². The lowest BCUT2D eigenvalue weighted by molar-refractivity contribution is -0.000888. The van der Waals surface area contributed by atoms with Crippen LogP contribution in [0.5, 0.6) is 0 Å². The third-order valence-corrected chi connectivity index (χ3v) is 5.07. The fourth-order valence-electron chi connectivity index (χ4n) is 3.13. The van der Waals surface area contributed by atoms with Gasteiger partial charge in [0.25, 0.3) is 0 Å². The first kappa shape index (κ1) is 14.3. The minimum Gasteiger partial charge on any atom is -0.379 e. The van der Waals surface area contributed by atoms with Gasteiger partial charge in [0.1, 0.15) is 0 Å². The number of methoxy groups -OCH3 is 1. The highest BCUT2D eigenvalue weighted by molar-refractivity contribution is 4.90. The Morgan fingerprint density at radius 2 is 1.83 bits per heavy atom. The summed E-state index contributed by atoms with van der Waals surface area (Å²) in [5.74, 6) is 0. The molecule has 0 bridgehead atoms. The summed E-state index contributed by atoms with van der Waals surface area (Å²) in [7, 11) is 1.84. The summed E-state index contributed by atoms with van der Waals surface area (Å²) in [6, 6.07) is 0.847. The number of rotatable bonds is 7. The summed E-state index contributed by atoms with van der Waals surface area (Å²) in [5.41, 5.74) is 0.612. The smallest absolute Gasteiger partial charge is 0.0623 e. The van der Waals surface area contributed by atoms with Crippen molar-refractivity contribution in [1.29, 1.82) is 0 Å². The SMILES string of the molecule is COC(C)(C)CCC1(CNC2CC2)CCCCC1. The Kier molecular flexibility index (Phi) is 4.71. The molecule has 18 heavy (non-hydrogen) atoms. The lowest BCUT2D eigenvalue weighted by Gasteiger charge is -2.40. The number of ether oxygens (including phenoxy) is 1. The highest BCUT2D eigenvalue weighted by Crippen LogP contribution is 2.41. The van der Waals surface area contributed by atoms with E-state index in [1.54, 1.807) is 0 Å². The van der Waals surface area contributed by atoms with E-state index in [-0.39, 0.29) is 5.60 Å². The van der Waals surface area contributed by atoms with Crippen LogP contribution in [0.1, 0.15) is 71.6 Å². The van der Waals surface area contributed by atoms with E-state index in [1.807, 2.05) is 7.11 Å². The molecule has 0 radical (unpaired) electrons. The lowest BCUT2D eigenvalue weighted by atomic mass is 9.70. The van der Waals surface area contributed by atoms with Crippen molar-refractivity contribution in [1.82, 2.24) is 5.32 Å². The number of hydrogen-bond acceptors (Lipinski definition) is 2. The summed E-state index contributed by atoms with van der Waals surface area (Å²) in [6.45, 7) is 5.69. The maximum absolute atomic E-state index is 5.59. The zero-order valence-electron chi connectivity index (χ0n) is 12.6. The van der Waals surface area contributed by atoms with Crippen molar-refractivity contribution in [3.05, 3.63) is 0 Å². The molecule has 2 saturated carbocycles. The Bertz CT molecular complexity index is 252. The Hall–Kier alpha value is -0.0800. The molecule has 2 rings (SSSR count). The fraction of sp³-hybridized carbons (Fsp3) is 1.00. The fourth-order valence-corrected chi connectivity index (χ4v) is 3.13. The largest absolute Gasteiger partial charge is 0.379 e. The van der Waals surface area contributed by atoms with Crippen LogP contribution in [0.2, 0.25) is 0 Å². The molecule has 0 aliphatic heterocycles. The minimum atomic E-state index is 0.0457. The molecule has 0 saturated heterocycles. The van der Waals surface area contributed by atoms with Gasteiger partial charge >= 0.3 is 0 Å². The van der Waals surface area contributed by atoms with Crippen molar-refractivity contribution in [2.24, 2.45) is 5.41 Å². The van der Waals surface area contributed by atoms with Gasteiger partial charge in [-0.15, -0.1) is 0 Å². The molecule has 0 aromatic rings. The van der Waals surface area contributed by atoms with E-state index in [0.717, 1.165) is 6.04 Å². The molecule has 106 valence electrons. The standard InChI is InChI=1S/C16H31NO/c1-15(2,18-3)11-12-16(9-5-4-6-10-16)13-17-14-7-8-14/h14,17H,4-13H2,1-3H3. The molecule has 2 nitrogen and oxygen atoms in total. The molecule has 0 unspecified atom stereocenters. The molecule has 2 heteroatoms. The van der Waals surface area contributed by atoms with Crippen molar-refractivity contribution < 1.29 is 4.74 Å². The van der Waals surface area contributed by atoms with Gasteiger partial charge in [0.05, 0.1) is 5.60 Å². The van der Waals surface area contributed by atoms with Crippen molar-refractivity contribution in [3.63, 3.8) is 0 Å². The van der Waals surface area contributed by atoms with E-state index in [9.17, 15) is 0 Å². The molecule has 2 aliphatic carbocycles. The first-order chi connectivity index (χ1) is 8.55. The predicted molar refractivity (Wildman–Crippen MR) is 76.9 cm³/mol. The van der Waals surface area contributed by atoms with Gasteiger partial charge in [0.2, 0.25) is 0 Å². The molecule has 0 spiro atoms. The summed E-state index contributed by atoms with van der Waals surface area (Å²) in [5, 5.41) is 3.78. The van der Waals surface area contributed by atoms with E-state index >= 15 is 0 Å². The third-order valence-electron chi connectivity index (χ3n) is 5.07. The summed E-state index contributed by atoms with van der Waals surface area (Å²) in [4.78, 5) is 0. The van der Waals surface area contributed by atoms with E-state index in [4.69, 9.17) is 4.74 Å². The maximum atomic E-state index is 5.59. The second kappa shape index (κ2) is 5.92. The topological polar surface area (TPSA) is 21.3 Å². The van der Waals surface area contributed by atoms with Crippen LogP contribution in [-0.2, 0) is 4.74 Å². The average Bonchev–Trinajstić information content (AvgIpc) is 3.20. The Balaban J connectivity index is 1.86. The summed E-state index contributed by atoms with van der Waals surface area (Å²) >= 11 is 0. The quantitative estimate of drug-likeness (QED) is 0.743. The van der Waals surface area contributed by atoms with Crippen molar-refractivity contribution in [2.45, 2.75) is 83.3 Å². The zero-order chi connectivity index (χ0) is 13.1. The van der Waals surface area contributed by atoms with Crippen LogP contribution < -0.4 is 5.32 Å². The predicted octanol–water partition coefficient (Wildman–Crippen LogP) is 3.89. The van der Waals surface area contributed by atoms with Gasteiger partial charge in [-0.2, -0.15) is 0 Å². The van der Waals surface area contributed by atoms with Gasteiger partial charge < -0.3 is 10.1 Å². The minimum absolute atomic E-state index is 0.0457. The van der Waals surface area contributed by atoms with Crippen LogP contribution in [0.15, 0.2) is 0 Å². The molecule has 1 N–H and O–H groups in total. The lowest BCUT2D eigenvalue weighted by Crippen LogP contribution is -2.39. The first-order valence-electron chi connectivity index (χ1n) is 7.84. The monoisotopic (exact) mass is 253 g/mol. The van der Waals surface area contributed by atoms with Crippen molar-refractivity contribution >= 4 is 0 Å². The molecule has 0 aromatic heterocycles. The first-order valence-corrected chi connectivity index (χ1v) is 7.84. The molecule has 2 fully saturated rings. The van der Waals surface area contributed by atoms with Crippen LogP contribution in [0, 0.1) is 5.41 Å². The zero-order valence-corrected chi connectivity index (χ0v) is 12.6. The summed E-state index contributed by atoms with van der Waals surface area (Å²) in [6.07, 6.45) is 12.5. The van der Waals surface area contributed by atoms with E-state index in [0.29, 0.717) is 5.41 Å². The highest BCUT2D eigenvalue weighted by Gasteiger charge is 2.35. The van der Waals surface area contributed by atoms with Crippen LogP contribution in [-0.4, -0.2) is 25.3 Å². The summed E-state index contributed by atoms with van der Waals surface area (Å²) < 4.78 is 5.59. The van der Waals surface area contributed by atoms with Crippen molar-refractivity contribution in [2.75, 3.05) is 13.7 Å². The van der Waals surface area contributed by atoms with E-state index in [2.05, 4.69) is 19.2 Å². The molecular weight excluding hydrogens is 222 g/mol. The third kappa shape index (κ3) is 4.24. The second-order valence-corrected chi connectivity index (χ2v) is 7.18. The highest BCUT2D eigenvalue weighted by atomic mass is 16.5. The van der Waals surface area contributed by atoms with E-state index in [1.165, 1.54) is 64.3 Å². The van der Waals surface area contributed by atoms with Gasteiger partial charge in [-0.05, 0) is 57.8 Å². The number of nitrogens with one attached hydrogen (secondary N) is 1. The molecule has 2 aliphatic rings. The second-order valence-electron chi connectivity index (χ2n) is 7.18. The Morgan fingerprint density at radius 3 is 2.39 bits per heavy atom.